The van der Waals surface area contributed by atoms with E-state index < -0.39 is 17.8 Å². The highest BCUT2D eigenvalue weighted by Gasteiger charge is 2.54. The standard InChI is InChI=1S/C23H22ClNO4/c24-17-7-4-8-18(12-17)25-19(26)13-29-23(28)21-16-10-9-15(11-16)20(21)22(27)14-5-2-1-3-6-14/h1-8,12,15-16,20-21H,9-11,13H2,(H,25,26)/t15-,16-,20+,21-/m0/s1. The fourth-order valence-electron chi connectivity index (χ4n) is 4.80. The van der Waals surface area contributed by atoms with E-state index in [0.717, 1.165) is 19.3 Å². The minimum absolute atomic E-state index is 0.00290. The number of nitrogens with one attached hydrogen (secondary N) is 1. The van der Waals surface area contributed by atoms with E-state index in [9.17, 15) is 14.4 Å². The summed E-state index contributed by atoms with van der Waals surface area (Å²) in [6, 6.07) is 15.8. The molecule has 0 unspecified atom stereocenters. The van der Waals surface area contributed by atoms with E-state index in [1.54, 1.807) is 36.4 Å². The first-order valence-corrected chi connectivity index (χ1v) is 10.2. The summed E-state index contributed by atoms with van der Waals surface area (Å²) in [6.45, 7) is -0.383. The average Bonchev–Trinajstić information content (AvgIpc) is 3.34. The number of Topliss-reactive ketones (excluding diaryl/α,β-unsaturated/α-hetero) is 1. The molecule has 0 saturated heterocycles. The van der Waals surface area contributed by atoms with E-state index in [4.69, 9.17) is 16.3 Å². The van der Waals surface area contributed by atoms with Gasteiger partial charge in [0.05, 0.1) is 5.92 Å². The van der Waals surface area contributed by atoms with Crippen LogP contribution < -0.4 is 5.32 Å². The maximum atomic E-state index is 13.1. The lowest BCUT2D eigenvalue weighted by atomic mass is 9.75. The van der Waals surface area contributed by atoms with Crippen LogP contribution in [0.5, 0.6) is 0 Å². The third-order valence-corrected chi connectivity index (χ3v) is 6.24. The van der Waals surface area contributed by atoms with Crippen LogP contribution in [0.4, 0.5) is 5.69 Å². The van der Waals surface area contributed by atoms with Crippen molar-refractivity contribution in [1.29, 1.82) is 0 Å². The molecule has 6 heteroatoms. The van der Waals surface area contributed by atoms with Crippen LogP contribution in [0.1, 0.15) is 29.6 Å². The highest BCUT2D eigenvalue weighted by atomic mass is 35.5. The van der Waals surface area contributed by atoms with E-state index >= 15 is 0 Å². The molecule has 0 aromatic heterocycles. The number of amides is 1. The first-order valence-electron chi connectivity index (χ1n) is 9.84. The summed E-state index contributed by atoms with van der Waals surface area (Å²) in [7, 11) is 0. The van der Waals surface area contributed by atoms with Gasteiger partial charge in [-0.05, 0) is 49.3 Å². The van der Waals surface area contributed by atoms with Gasteiger partial charge in [-0.15, -0.1) is 0 Å². The van der Waals surface area contributed by atoms with Gasteiger partial charge in [-0.2, -0.15) is 0 Å². The second kappa shape index (κ2) is 8.37. The molecule has 2 saturated carbocycles. The highest BCUT2D eigenvalue weighted by molar-refractivity contribution is 6.30. The zero-order valence-electron chi connectivity index (χ0n) is 15.8. The Kier molecular flexibility index (Phi) is 5.67. The Hall–Kier alpha value is -2.66. The SMILES string of the molecule is O=C(COC(=O)[C@H]1[C@H]2CC[C@@H](C2)[C@H]1C(=O)c1ccccc1)Nc1cccc(Cl)c1. The van der Waals surface area contributed by atoms with Crippen molar-refractivity contribution in [3.63, 3.8) is 0 Å². The molecule has 2 aliphatic carbocycles. The molecule has 0 spiro atoms. The number of ketones is 1. The van der Waals surface area contributed by atoms with Crippen LogP contribution in [0, 0.1) is 23.7 Å². The maximum Gasteiger partial charge on any atom is 0.310 e. The van der Waals surface area contributed by atoms with Crippen molar-refractivity contribution in [2.75, 3.05) is 11.9 Å². The lowest BCUT2D eigenvalue weighted by molar-refractivity contribution is -0.154. The van der Waals surface area contributed by atoms with Crippen LogP contribution in [-0.2, 0) is 14.3 Å². The first-order chi connectivity index (χ1) is 14.0. The van der Waals surface area contributed by atoms with Gasteiger partial charge >= 0.3 is 5.97 Å². The van der Waals surface area contributed by atoms with Crippen molar-refractivity contribution in [2.45, 2.75) is 19.3 Å². The molecule has 2 aliphatic rings. The van der Waals surface area contributed by atoms with E-state index in [-0.39, 0.29) is 30.1 Å². The third-order valence-electron chi connectivity index (χ3n) is 6.00. The van der Waals surface area contributed by atoms with Crippen molar-refractivity contribution in [2.24, 2.45) is 23.7 Å². The summed E-state index contributed by atoms with van der Waals surface area (Å²) in [5, 5.41) is 3.16. The Bertz CT molecular complexity index is 929. The molecule has 0 radical (unpaired) electrons. The van der Waals surface area contributed by atoms with Gasteiger partial charge in [0.25, 0.3) is 5.91 Å². The molecule has 4 atom stereocenters. The van der Waals surface area contributed by atoms with E-state index in [0.29, 0.717) is 16.3 Å². The van der Waals surface area contributed by atoms with Crippen molar-refractivity contribution in [3.05, 3.63) is 65.2 Å². The summed E-state index contributed by atoms with van der Waals surface area (Å²) in [5.41, 5.74) is 1.16. The molecular formula is C23H22ClNO4. The molecule has 1 N–H and O–H groups in total. The minimum atomic E-state index is -0.472. The second-order valence-corrected chi connectivity index (χ2v) is 8.22. The molecule has 0 heterocycles. The third kappa shape index (κ3) is 4.20. The summed E-state index contributed by atoms with van der Waals surface area (Å²) in [5.74, 6) is -1.35. The number of fused-ring (bicyclic) bond motifs is 2. The molecule has 5 nitrogen and oxygen atoms in total. The van der Waals surface area contributed by atoms with E-state index in [2.05, 4.69) is 5.32 Å². The van der Waals surface area contributed by atoms with Crippen molar-refractivity contribution >= 4 is 34.9 Å². The number of benzene rings is 2. The Morgan fingerprint density at radius 1 is 0.966 bits per heavy atom. The summed E-state index contributed by atoms with van der Waals surface area (Å²) >= 11 is 5.91. The molecule has 0 aliphatic heterocycles. The van der Waals surface area contributed by atoms with Gasteiger partial charge in [0.2, 0.25) is 0 Å². The van der Waals surface area contributed by atoms with Gasteiger partial charge in [0.15, 0.2) is 12.4 Å². The van der Waals surface area contributed by atoms with Crippen molar-refractivity contribution in [1.82, 2.24) is 0 Å². The Morgan fingerprint density at radius 3 is 2.41 bits per heavy atom. The summed E-state index contributed by atoms with van der Waals surface area (Å²) in [6.07, 6.45) is 2.77. The topological polar surface area (TPSA) is 72.5 Å². The highest BCUT2D eigenvalue weighted by Crippen LogP contribution is 2.53. The van der Waals surface area contributed by atoms with Gasteiger partial charge in [-0.25, -0.2) is 0 Å². The zero-order chi connectivity index (χ0) is 20.4. The number of anilines is 1. The molecule has 1 amide bonds. The fraction of sp³-hybridized carbons (Fsp3) is 0.348. The first kappa shape index (κ1) is 19.6. The minimum Gasteiger partial charge on any atom is -0.455 e. The van der Waals surface area contributed by atoms with Gasteiger partial charge in [0.1, 0.15) is 0 Å². The van der Waals surface area contributed by atoms with Gasteiger partial charge < -0.3 is 10.1 Å². The molecule has 2 aromatic carbocycles. The molecule has 4 rings (SSSR count). The fourth-order valence-corrected chi connectivity index (χ4v) is 4.99. The van der Waals surface area contributed by atoms with E-state index in [1.807, 2.05) is 18.2 Å². The predicted octanol–water partition coefficient (Wildman–Crippen LogP) is 4.37. The average molecular weight is 412 g/mol. The number of rotatable bonds is 6. The lowest BCUT2D eigenvalue weighted by Gasteiger charge is -2.28. The van der Waals surface area contributed by atoms with Gasteiger partial charge in [-0.3, -0.25) is 14.4 Å². The molecule has 29 heavy (non-hydrogen) atoms. The number of halogens is 1. The van der Waals surface area contributed by atoms with Gasteiger partial charge in [0, 0.05) is 22.2 Å². The van der Waals surface area contributed by atoms with Gasteiger partial charge in [-0.1, -0.05) is 48.0 Å². The molecule has 2 fully saturated rings. The van der Waals surface area contributed by atoms with Crippen LogP contribution >= 0.6 is 11.6 Å². The predicted molar refractivity (Wildman–Crippen MR) is 110 cm³/mol. The summed E-state index contributed by atoms with van der Waals surface area (Å²) < 4.78 is 5.32. The summed E-state index contributed by atoms with van der Waals surface area (Å²) in [4.78, 5) is 38.0. The number of carbonyl (C=O) groups excluding carboxylic acids is 3. The molecule has 150 valence electrons. The maximum absolute atomic E-state index is 13.1. The Morgan fingerprint density at radius 2 is 1.69 bits per heavy atom. The van der Waals surface area contributed by atoms with Crippen LogP contribution in [-0.4, -0.2) is 24.3 Å². The van der Waals surface area contributed by atoms with Crippen LogP contribution in [0.2, 0.25) is 5.02 Å². The Balaban J connectivity index is 1.40. The second-order valence-electron chi connectivity index (χ2n) is 7.78. The number of hydrogen-bond donors (Lipinski definition) is 1. The molecular weight excluding hydrogens is 390 g/mol. The lowest BCUT2D eigenvalue weighted by Crippen LogP contribution is -2.37. The molecule has 2 aromatic rings. The van der Waals surface area contributed by atoms with Crippen LogP contribution in [0.25, 0.3) is 0 Å². The quantitative estimate of drug-likeness (QED) is 0.566. The van der Waals surface area contributed by atoms with Crippen molar-refractivity contribution in [3.8, 4) is 0 Å². The van der Waals surface area contributed by atoms with Crippen LogP contribution in [0.15, 0.2) is 54.6 Å². The largest absolute Gasteiger partial charge is 0.455 e. The van der Waals surface area contributed by atoms with Crippen molar-refractivity contribution < 1.29 is 19.1 Å². The van der Waals surface area contributed by atoms with E-state index in [1.165, 1.54) is 0 Å². The monoisotopic (exact) mass is 411 g/mol. The zero-order valence-corrected chi connectivity index (χ0v) is 16.6. The Labute approximate surface area is 174 Å². The molecule has 2 bridgehead atoms. The van der Waals surface area contributed by atoms with Crippen LogP contribution in [0.3, 0.4) is 0 Å². The number of hydrogen-bond acceptors (Lipinski definition) is 4. The normalized spacial score (nSPS) is 24.9. The number of esters is 1. The smallest absolute Gasteiger partial charge is 0.310 e. The number of ether oxygens (including phenoxy) is 1. The number of carbonyl (C=O) groups is 3.